The van der Waals surface area contributed by atoms with Gasteiger partial charge in [-0.3, -0.25) is 4.79 Å². The van der Waals surface area contributed by atoms with Crippen LogP contribution in [-0.2, 0) is 4.79 Å². The molecule has 15 heavy (non-hydrogen) atoms. The van der Waals surface area contributed by atoms with Crippen molar-refractivity contribution in [3.63, 3.8) is 0 Å². The molecule has 0 aliphatic heterocycles. The quantitative estimate of drug-likeness (QED) is 0.724. The number of amides is 1. The molecule has 0 atom stereocenters. The summed E-state index contributed by atoms with van der Waals surface area (Å²) in [5, 5.41) is 6.06. The number of nitrogens with one attached hydrogen (secondary N) is 2. The van der Waals surface area contributed by atoms with Crippen LogP contribution in [0.1, 0.15) is 32.6 Å². The normalized spacial score (nSPS) is 19.1. The Morgan fingerprint density at radius 1 is 1.40 bits per heavy atom. The summed E-state index contributed by atoms with van der Waals surface area (Å²) in [6, 6.07) is 0. The molecule has 3 nitrogen and oxygen atoms in total. The van der Waals surface area contributed by atoms with Gasteiger partial charge in [0.05, 0.1) is 6.54 Å². The number of hydrogen-bond acceptors (Lipinski definition) is 3. The van der Waals surface area contributed by atoms with Crippen molar-refractivity contribution in [3.8, 4) is 0 Å². The van der Waals surface area contributed by atoms with E-state index in [1.54, 1.807) is 0 Å². The van der Waals surface area contributed by atoms with Gasteiger partial charge < -0.3 is 10.6 Å². The average Bonchev–Trinajstić information content (AvgIpc) is 2.73. The van der Waals surface area contributed by atoms with Crippen LogP contribution in [0, 0.1) is 0 Å². The Morgan fingerprint density at radius 3 is 2.60 bits per heavy atom. The fourth-order valence-corrected chi connectivity index (χ4v) is 2.95. The summed E-state index contributed by atoms with van der Waals surface area (Å²) >= 11 is 1.91. The number of hydrogen-bond donors (Lipinski definition) is 2. The second-order valence-corrected chi connectivity index (χ2v) is 5.43. The maximum absolute atomic E-state index is 11.4. The molecule has 0 bridgehead atoms. The molecule has 0 radical (unpaired) electrons. The van der Waals surface area contributed by atoms with Crippen molar-refractivity contribution in [2.24, 2.45) is 0 Å². The first kappa shape index (κ1) is 12.8. The zero-order valence-electron chi connectivity index (χ0n) is 9.77. The van der Waals surface area contributed by atoms with Crippen LogP contribution in [0.2, 0.25) is 0 Å². The van der Waals surface area contributed by atoms with Gasteiger partial charge in [0, 0.05) is 11.3 Å². The van der Waals surface area contributed by atoms with E-state index in [9.17, 15) is 4.79 Å². The number of likely N-dealkylation sites (N-methyl/N-ethyl adjacent to an activating group) is 1. The predicted molar refractivity (Wildman–Crippen MR) is 66.3 cm³/mol. The molecule has 88 valence electrons. The number of carbonyl (C=O) groups is 1. The van der Waals surface area contributed by atoms with Crippen LogP contribution in [0.4, 0.5) is 0 Å². The van der Waals surface area contributed by atoms with Gasteiger partial charge in [-0.15, -0.1) is 0 Å². The van der Waals surface area contributed by atoms with E-state index in [4.69, 9.17) is 0 Å². The molecule has 1 fully saturated rings. The van der Waals surface area contributed by atoms with E-state index in [-0.39, 0.29) is 5.91 Å². The van der Waals surface area contributed by atoms with Crippen molar-refractivity contribution >= 4 is 17.7 Å². The van der Waals surface area contributed by atoms with E-state index in [1.165, 1.54) is 25.7 Å². The zero-order valence-corrected chi connectivity index (χ0v) is 10.6. The molecular formula is C11H22N2OS. The molecule has 0 saturated heterocycles. The third kappa shape index (κ3) is 4.03. The van der Waals surface area contributed by atoms with Crippen molar-refractivity contribution in [2.45, 2.75) is 37.4 Å². The minimum atomic E-state index is 0.122. The van der Waals surface area contributed by atoms with Gasteiger partial charge in [-0.1, -0.05) is 19.8 Å². The lowest BCUT2D eigenvalue weighted by molar-refractivity contribution is -0.120. The summed E-state index contributed by atoms with van der Waals surface area (Å²) in [5.41, 5.74) is 0. The van der Waals surface area contributed by atoms with Crippen molar-refractivity contribution in [1.29, 1.82) is 0 Å². The molecule has 1 saturated carbocycles. The van der Waals surface area contributed by atoms with E-state index in [2.05, 4.69) is 16.9 Å². The molecule has 0 aromatic heterocycles. The highest BCUT2D eigenvalue weighted by atomic mass is 32.2. The van der Waals surface area contributed by atoms with Crippen molar-refractivity contribution in [3.05, 3.63) is 0 Å². The molecule has 1 rings (SSSR count). The van der Waals surface area contributed by atoms with Crippen molar-refractivity contribution < 1.29 is 4.79 Å². The SMILES string of the molecule is CCNCC(=O)NCC1(SC)CCCC1. The van der Waals surface area contributed by atoms with Gasteiger partial charge in [-0.25, -0.2) is 0 Å². The fourth-order valence-electron chi connectivity index (χ4n) is 2.03. The summed E-state index contributed by atoms with van der Waals surface area (Å²) in [7, 11) is 0. The molecule has 1 aliphatic carbocycles. The van der Waals surface area contributed by atoms with Crippen molar-refractivity contribution in [1.82, 2.24) is 10.6 Å². The third-order valence-electron chi connectivity index (χ3n) is 3.09. The Kier molecular flexibility index (Phi) is 5.47. The predicted octanol–water partition coefficient (Wildman–Crippen LogP) is 1.39. The van der Waals surface area contributed by atoms with E-state index >= 15 is 0 Å². The molecule has 0 aromatic rings. The molecule has 2 N–H and O–H groups in total. The monoisotopic (exact) mass is 230 g/mol. The van der Waals surface area contributed by atoms with Gasteiger partial charge in [-0.2, -0.15) is 11.8 Å². The fraction of sp³-hybridized carbons (Fsp3) is 0.909. The summed E-state index contributed by atoms with van der Waals surface area (Å²) < 4.78 is 0.321. The highest BCUT2D eigenvalue weighted by molar-refractivity contribution is 8.00. The van der Waals surface area contributed by atoms with Crippen LogP contribution < -0.4 is 10.6 Å². The van der Waals surface area contributed by atoms with Gasteiger partial charge >= 0.3 is 0 Å². The van der Waals surface area contributed by atoms with Gasteiger partial charge in [0.1, 0.15) is 0 Å². The lowest BCUT2D eigenvalue weighted by Crippen LogP contribution is -2.42. The standard InChI is InChI=1S/C11H22N2OS/c1-3-12-8-10(14)13-9-11(15-2)6-4-5-7-11/h12H,3-9H2,1-2H3,(H,13,14). The van der Waals surface area contributed by atoms with Gasteiger partial charge in [0.2, 0.25) is 5.91 Å². The van der Waals surface area contributed by atoms with Crippen LogP contribution in [0.5, 0.6) is 0 Å². The second kappa shape index (κ2) is 6.38. The molecule has 0 spiro atoms. The lowest BCUT2D eigenvalue weighted by Gasteiger charge is -2.26. The topological polar surface area (TPSA) is 41.1 Å². The molecule has 0 unspecified atom stereocenters. The summed E-state index contributed by atoms with van der Waals surface area (Å²) in [5.74, 6) is 0.122. The first-order valence-electron chi connectivity index (χ1n) is 5.75. The first-order valence-corrected chi connectivity index (χ1v) is 6.97. The Balaban J connectivity index is 2.25. The zero-order chi connectivity index (χ0) is 11.1. The van der Waals surface area contributed by atoms with E-state index in [1.807, 2.05) is 18.7 Å². The highest BCUT2D eigenvalue weighted by Gasteiger charge is 2.32. The Morgan fingerprint density at radius 2 is 2.07 bits per heavy atom. The first-order chi connectivity index (χ1) is 7.22. The minimum absolute atomic E-state index is 0.122. The summed E-state index contributed by atoms with van der Waals surface area (Å²) in [6.45, 7) is 4.13. The minimum Gasteiger partial charge on any atom is -0.354 e. The van der Waals surface area contributed by atoms with Gasteiger partial charge in [0.25, 0.3) is 0 Å². The lowest BCUT2D eigenvalue weighted by atomic mass is 10.1. The van der Waals surface area contributed by atoms with Crippen LogP contribution >= 0.6 is 11.8 Å². The van der Waals surface area contributed by atoms with E-state index < -0.39 is 0 Å². The molecule has 0 heterocycles. The molecular weight excluding hydrogens is 208 g/mol. The molecule has 1 aliphatic rings. The van der Waals surface area contributed by atoms with Crippen LogP contribution in [0.25, 0.3) is 0 Å². The Hall–Kier alpha value is -0.220. The number of carbonyl (C=O) groups excluding carboxylic acids is 1. The Bertz CT molecular complexity index is 203. The van der Waals surface area contributed by atoms with Crippen molar-refractivity contribution in [2.75, 3.05) is 25.9 Å². The smallest absolute Gasteiger partial charge is 0.234 e. The van der Waals surface area contributed by atoms with E-state index in [0.29, 0.717) is 11.3 Å². The number of rotatable bonds is 6. The maximum atomic E-state index is 11.4. The number of thioether (sulfide) groups is 1. The van der Waals surface area contributed by atoms with Crippen LogP contribution in [0.15, 0.2) is 0 Å². The van der Waals surface area contributed by atoms with Crippen LogP contribution in [0.3, 0.4) is 0 Å². The molecule has 4 heteroatoms. The Labute approximate surface area is 96.8 Å². The maximum Gasteiger partial charge on any atom is 0.234 e. The van der Waals surface area contributed by atoms with Gasteiger partial charge in [0.15, 0.2) is 0 Å². The summed E-state index contributed by atoms with van der Waals surface area (Å²) in [6.07, 6.45) is 7.26. The summed E-state index contributed by atoms with van der Waals surface area (Å²) in [4.78, 5) is 11.4. The highest BCUT2D eigenvalue weighted by Crippen LogP contribution is 2.39. The largest absolute Gasteiger partial charge is 0.354 e. The molecule has 1 amide bonds. The second-order valence-electron chi connectivity index (χ2n) is 4.15. The average molecular weight is 230 g/mol. The van der Waals surface area contributed by atoms with Gasteiger partial charge in [-0.05, 0) is 25.6 Å². The van der Waals surface area contributed by atoms with Crippen LogP contribution in [-0.4, -0.2) is 36.5 Å². The third-order valence-corrected chi connectivity index (χ3v) is 4.51. The van der Waals surface area contributed by atoms with E-state index in [0.717, 1.165) is 13.1 Å². The molecule has 0 aromatic carbocycles.